The van der Waals surface area contributed by atoms with Crippen LogP contribution in [0.25, 0.3) is 0 Å². The van der Waals surface area contributed by atoms with Gasteiger partial charge in [0.2, 0.25) is 0 Å². The summed E-state index contributed by atoms with van der Waals surface area (Å²) in [6.45, 7) is 1.76. The Bertz CT molecular complexity index is 1050. The molecule has 2 fully saturated rings. The van der Waals surface area contributed by atoms with Gasteiger partial charge in [0.1, 0.15) is 0 Å². The van der Waals surface area contributed by atoms with Gasteiger partial charge in [-0.05, 0) is 43.2 Å². The van der Waals surface area contributed by atoms with Crippen molar-refractivity contribution in [1.82, 2.24) is 9.78 Å². The lowest BCUT2D eigenvalue weighted by molar-refractivity contribution is -0.543. The fourth-order valence-corrected chi connectivity index (χ4v) is 6.22. The van der Waals surface area contributed by atoms with Crippen molar-refractivity contribution in [3.8, 4) is 0 Å². The summed E-state index contributed by atoms with van der Waals surface area (Å²) in [5, 5.41) is 29.3. The highest BCUT2D eigenvalue weighted by molar-refractivity contribution is 5.70. The second-order valence-corrected chi connectivity index (χ2v) is 9.32. The molecule has 0 saturated heterocycles. The molecule has 5 rings (SSSR count). The van der Waals surface area contributed by atoms with Crippen LogP contribution in [0, 0.1) is 12.8 Å². The van der Waals surface area contributed by atoms with E-state index in [0.717, 1.165) is 31.4 Å². The molecule has 1 spiro atoms. The Kier molecular flexibility index (Phi) is 4.49. The summed E-state index contributed by atoms with van der Waals surface area (Å²) in [5.41, 5.74) is 4.30. The van der Waals surface area contributed by atoms with Crippen LogP contribution in [0.15, 0.2) is 40.8 Å². The Morgan fingerprint density at radius 1 is 1.10 bits per heavy atom. The molecule has 2 aliphatic carbocycles. The zero-order chi connectivity index (χ0) is 21.2. The van der Waals surface area contributed by atoms with Crippen molar-refractivity contribution < 1.29 is 10.2 Å². The van der Waals surface area contributed by atoms with Gasteiger partial charge in [0.15, 0.2) is 0 Å². The molecule has 0 amide bonds. The van der Waals surface area contributed by atoms with Crippen LogP contribution in [0.3, 0.4) is 0 Å². The molecule has 2 unspecified atom stereocenters. The number of hydrogen-bond donors (Lipinski definition) is 1. The van der Waals surface area contributed by atoms with Gasteiger partial charge in [-0.2, -0.15) is 0 Å². The van der Waals surface area contributed by atoms with Crippen molar-refractivity contribution in [2.45, 2.75) is 62.6 Å². The molecule has 3 aliphatic rings. The number of allylic oxidation sites excluding steroid dienone is 1. The van der Waals surface area contributed by atoms with Crippen LogP contribution in [0.4, 0.5) is 5.69 Å². The number of anilines is 1. The summed E-state index contributed by atoms with van der Waals surface area (Å²) in [7, 11) is 3.67. The molecule has 30 heavy (non-hydrogen) atoms. The molecule has 160 valence electrons. The zero-order valence-electron chi connectivity index (χ0n) is 17.9. The van der Waals surface area contributed by atoms with Crippen LogP contribution in [0.2, 0.25) is 0 Å². The first-order valence-corrected chi connectivity index (χ1v) is 11.0. The third kappa shape index (κ3) is 2.53. The quantitative estimate of drug-likeness (QED) is 0.816. The number of para-hydroxylation sites is 1. The normalized spacial score (nSPS) is 31.2. The van der Waals surface area contributed by atoms with E-state index in [-0.39, 0.29) is 11.0 Å². The number of rotatable bonds is 2. The molecule has 1 aliphatic heterocycles. The standard InChI is InChI=1S/C24H29N3O3/c1-14-19(23(30)27(3)25-14)20-21(28)15(22(20)29)13-18-24(11-7-4-8-12-24)16-9-5-6-10-17(16)26(18)2/h5-6,9-10,13,15,20-22,25H,4,7-8,11-12H2,1-3H3/q-2. The van der Waals surface area contributed by atoms with Gasteiger partial charge in [0.25, 0.3) is 5.56 Å². The second kappa shape index (κ2) is 6.86. The Hall–Kier alpha value is -2.31. The summed E-state index contributed by atoms with van der Waals surface area (Å²) in [5.74, 6) is -1.37. The SMILES string of the molecule is Cc1[nH]n(C)c(=O)c1C1C([O-])C(C=C2N(C)c3ccccc3C23CCCCC3)C1[O-]. The number of benzene rings is 1. The zero-order valence-corrected chi connectivity index (χ0v) is 17.9. The van der Waals surface area contributed by atoms with Crippen LogP contribution >= 0.6 is 0 Å². The first-order chi connectivity index (χ1) is 14.4. The molecule has 2 aromatic rings. The number of aromatic nitrogens is 2. The van der Waals surface area contributed by atoms with E-state index in [4.69, 9.17) is 0 Å². The molecule has 1 aromatic carbocycles. The fraction of sp³-hybridized carbons (Fsp3) is 0.542. The van der Waals surface area contributed by atoms with Crippen LogP contribution in [-0.2, 0) is 12.5 Å². The monoisotopic (exact) mass is 407 g/mol. The molecule has 2 heterocycles. The van der Waals surface area contributed by atoms with E-state index in [1.807, 2.05) is 12.1 Å². The lowest BCUT2D eigenvalue weighted by Gasteiger charge is -2.60. The molecule has 6 nitrogen and oxygen atoms in total. The summed E-state index contributed by atoms with van der Waals surface area (Å²) >= 11 is 0. The minimum absolute atomic E-state index is 0.0890. The number of likely N-dealkylation sites (N-methyl/N-ethyl adjacent to an activating group) is 1. The molecule has 2 saturated carbocycles. The average Bonchev–Trinajstić information content (AvgIpc) is 3.12. The minimum Gasteiger partial charge on any atom is -0.851 e. The maximum Gasteiger partial charge on any atom is 0.269 e. The highest BCUT2D eigenvalue weighted by Crippen LogP contribution is 2.55. The second-order valence-electron chi connectivity index (χ2n) is 9.32. The predicted octanol–water partition coefficient (Wildman–Crippen LogP) is 1.43. The summed E-state index contributed by atoms with van der Waals surface area (Å²) in [6.07, 6.45) is 5.47. The van der Waals surface area contributed by atoms with Gasteiger partial charge in [0, 0.05) is 42.2 Å². The number of fused-ring (bicyclic) bond motifs is 2. The first-order valence-electron chi connectivity index (χ1n) is 11.0. The Morgan fingerprint density at radius 2 is 1.77 bits per heavy atom. The lowest BCUT2D eigenvalue weighted by atomic mass is 9.63. The third-order valence-corrected chi connectivity index (χ3v) is 7.76. The first kappa shape index (κ1) is 19.6. The van der Waals surface area contributed by atoms with Gasteiger partial charge in [-0.25, -0.2) is 0 Å². The molecule has 2 atom stereocenters. The Labute approximate surface area is 176 Å². The van der Waals surface area contributed by atoms with Crippen LogP contribution < -0.4 is 20.7 Å². The molecule has 1 aromatic heterocycles. The van der Waals surface area contributed by atoms with Gasteiger partial charge in [-0.3, -0.25) is 14.6 Å². The lowest BCUT2D eigenvalue weighted by Crippen LogP contribution is -2.65. The molecule has 1 N–H and O–H groups in total. The number of hydrogen-bond acceptors (Lipinski definition) is 4. The van der Waals surface area contributed by atoms with E-state index in [1.165, 1.54) is 22.4 Å². The van der Waals surface area contributed by atoms with Gasteiger partial charge in [-0.15, -0.1) is 12.2 Å². The number of aryl methyl sites for hydroxylation is 2. The molecular weight excluding hydrogens is 378 g/mol. The van der Waals surface area contributed by atoms with Gasteiger partial charge >= 0.3 is 0 Å². The maximum absolute atomic E-state index is 13.2. The maximum atomic E-state index is 13.2. The number of nitrogens with one attached hydrogen (secondary N) is 1. The molecule has 0 radical (unpaired) electrons. The molecular formula is C24H29N3O3-2. The van der Waals surface area contributed by atoms with Crippen molar-refractivity contribution in [2.24, 2.45) is 13.0 Å². The van der Waals surface area contributed by atoms with Crippen molar-refractivity contribution in [2.75, 3.05) is 11.9 Å². The van der Waals surface area contributed by atoms with E-state index in [0.29, 0.717) is 11.3 Å². The topological polar surface area (TPSA) is 87.1 Å². The predicted molar refractivity (Wildman–Crippen MR) is 112 cm³/mol. The van der Waals surface area contributed by atoms with E-state index < -0.39 is 24.0 Å². The van der Waals surface area contributed by atoms with Crippen molar-refractivity contribution >= 4 is 5.69 Å². The summed E-state index contributed by atoms with van der Waals surface area (Å²) < 4.78 is 1.36. The highest BCUT2D eigenvalue weighted by atomic mass is 16.3. The van der Waals surface area contributed by atoms with E-state index in [9.17, 15) is 15.0 Å². The average molecular weight is 408 g/mol. The van der Waals surface area contributed by atoms with Crippen LogP contribution in [0.5, 0.6) is 0 Å². The van der Waals surface area contributed by atoms with E-state index in [2.05, 4.69) is 35.2 Å². The van der Waals surface area contributed by atoms with Gasteiger partial charge in [0.05, 0.1) is 0 Å². The van der Waals surface area contributed by atoms with Crippen molar-refractivity contribution in [3.05, 3.63) is 63.2 Å². The summed E-state index contributed by atoms with van der Waals surface area (Å²) in [6, 6.07) is 8.47. The van der Waals surface area contributed by atoms with Crippen molar-refractivity contribution in [3.63, 3.8) is 0 Å². The van der Waals surface area contributed by atoms with E-state index >= 15 is 0 Å². The fourth-order valence-electron chi connectivity index (χ4n) is 6.22. The van der Waals surface area contributed by atoms with Gasteiger partial charge < -0.3 is 15.1 Å². The Morgan fingerprint density at radius 3 is 2.40 bits per heavy atom. The number of nitrogens with zero attached hydrogens (tertiary/aromatic N) is 2. The van der Waals surface area contributed by atoms with Crippen LogP contribution in [0.1, 0.15) is 54.8 Å². The number of H-pyrrole nitrogens is 1. The van der Waals surface area contributed by atoms with Gasteiger partial charge in [-0.1, -0.05) is 43.5 Å². The van der Waals surface area contributed by atoms with E-state index in [1.54, 1.807) is 14.0 Å². The number of aromatic amines is 1. The highest BCUT2D eigenvalue weighted by Gasteiger charge is 2.48. The molecule has 6 heteroatoms. The molecule has 0 bridgehead atoms. The third-order valence-electron chi connectivity index (χ3n) is 7.76. The minimum atomic E-state index is -1.08. The van der Waals surface area contributed by atoms with Crippen molar-refractivity contribution in [1.29, 1.82) is 0 Å². The smallest absolute Gasteiger partial charge is 0.269 e. The Balaban J connectivity index is 1.52. The summed E-state index contributed by atoms with van der Waals surface area (Å²) in [4.78, 5) is 14.6. The van der Waals surface area contributed by atoms with Crippen LogP contribution in [-0.4, -0.2) is 29.0 Å². The largest absolute Gasteiger partial charge is 0.851 e.